The minimum atomic E-state index is -0.547. The van der Waals surface area contributed by atoms with Crippen LogP contribution in [0.3, 0.4) is 0 Å². The normalized spacial score (nSPS) is 10.2. The zero-order valence-electron chi connectivity index (χ0n) is 11.6. The number of halogens is 1. The smallest absolute Gasteiger partial charge is 0.258 e. The van der Waals surface area contributed by atoms with Gasteiger partial charge in [0.1, 0.15) is 18.2 Å². The van der Waals surface area contributed by atoms with Crippen LogP contribution in [0, 0.1) is 5.82 Å². The third kappa shape index (κ3) is 4.29. The third-order valence-corrected chi connectivity index (χ3v) is 2.79. The lowest BCUT2D eigenvalue weighted by atomic mass is 10.2. The van der Waals surface area contributed by atoms with Crippen LogP contribution in [0.4, 0.5) is 10.1 Å². The number of carbonyl (C=O) groups is 1. The minimum Gasteiger partial charge on any atom is -0.491 e. The second kappa shape index (κ2) is 7.40. The molecule has 2 aromatic rings. The molecule has 0 heterocycles. The van der Waals surface area contributed by atoms with Crippen molar-refractivity contribution in [2.45, 2.75) is 0 Å². The average molecular weight is 289 g/mol. The van der Waals surface area contributed by atoms with Gasteiger partial charge >= 0.3 is 0 Å². The molecular weight excluding hydrogens is 273 g/mol. The first-order valence-corrected chi connectivity index (χ1v) is 6.48. The van der Waals surface area contributed by atoms with E-state index in [4.69, 9.17) is 9.47 Å². The summed E-state index contributed by atoms with van der Waals surface area (Å²) in [4.78, 5) is 11.9. The van der Waals surface area contributed by atoms with Gasteiger partial charge in [-0.2, -0.15) is 0 Å². The summed E-state index contributed by atoms with van der Waals surface area (Å²) in [5, 5.41) is 2.63. The molecule has 0 unspecified atom stereocenters. The molecule has 0 radical (unpaired) electrons. The lowest BCUT2D eigenvalue weighted by Gasteiger charge is -2.08. The standard InChI is InChI=1S/C16H16FNO3/c1-20-10-11-21-13-8-6-12(7-9-13)18-16(19)14-4-2-3-5-15(14)17/h2-9H,10-11H2,1H3,(H,18,19). The van der Waals surface area contributed by atoms with Crippen molar-refractivity contribution in [1.29, 1.82) is 0 Å². The fraction of sp³-hybridized carbons (Fsp3) is 0.188. The molecule has 0 saturated carbocycles. The molecule has 21 heavy (non-hydrogen) atoms. The molecule has 0 saturated heterocycles. The van der Waals surface area contributed by atoms with Crippen LogP contribution in [-0.4, -0.2) is 26.2 Å². The maximum absolute atomic E-state index is 13.5. The van der Waals surface area contributed by atoms with Gasteiger partial charge in [-0.1, -0.05) is 12.1 Å². The van der Waals surface area contributed by atoms with Crippen LogP contribution >= 0.6 is 0 Å². The molecule has 0 aliphatic rings. The summed E-state index contributed by atoms with van der Waals surface area (Å²) < 4.78 is 23.8. The summed E-state index contributed by atoms with van der Waals surface area (Å²) in [6.07, 6.45) is 0. The number of ether oxygens (including phenoxy) is 2. The zero-order chi connectivity index (χ0) is 15.1. The molecule has 1 amide bonds. The van der Waals surface area contributed by atoms with E-state index in [-0.39, 0.29) is 5.56 Å². The van der Waals surface area contributed by atoms with Crippen molar-refractivity contribution in [3.05, 3.63) is 59.9 Å². The molecule has 0 atom stereocenters. The van der Waals surface area contributed by atoms with E-state index in [2.05, 4.69) is 5.32 Å². The summed E-state index contributed by atoms with van der Waals surface area (Å²) >= 11 is 0. The minimum absolute atomic E-state index is 0.0120. The lowest BCUT2D eigenvalue weighted by Crippen LogP contribution is -2.13. The second-order valence-electron chi connectivity index (χ2n) is 4.30. The van der Waals surface area contributed by atoms with E-state index in [0.29, 0.717) is 24.7 Å². The largest absolute Gasteiger partial charge is 0.491 e. The first-order chi connectivity index (χ1) is 10.2. The summed E-state index contributed by atoms with van der Waals surface area (Å²) in [5.41, 5.74) is 0.584. The number of carbonyl (C=O) groups excluding carboxylic acids is 1. The maximum Gasteiger partial charge on any atom is 0.258 e. The molecule has 0 spiro atoms. The van der Waals surface area contributed by atoms with E-state index in [9.17, 15) is 9.18 Å². The molecule has 5 heteroatoms. The Morgan fingerprint density at radius 3 is 2.48 bits per heavy atom. The van der Waals surface area contributed by atoms with Crippen molar-refractivity contribution < 1.29 is 18.7 Å². The van der Waals surface area contributed by atoms with E-state index < -0.39 is 11.7 Å². The Labute approximate surface area is 122 Å². The first kappa shape index (κ1) is 15.0. The molecule has 1 N–H and O–H groups in total. The Kier molecular flexibility index (Phi) is 5.29. The predicted octanol–water partition coefficient (Wildman–Crippen LogP) is 3.10. The molecule has 0 aromatic heterocycles. The summed E-state index contributed by atoms with van der Waals surface area (Å²) in [6, 6.07) is 12.7. The van der Waals surface area contributed by atoms with Gasteiger partial charge in [-0.3, -0.25) is 4.79 Å². The Bertz CT molecular complexity index is 599. The number of amides is 1. The van der Waals surface area contributed by atoms with Crippen molar-refractivity contribution in [2.24, 2.45) is 0 Å². The highest BCUT2D eigenvalue weighted by atomic mass is 19.1. The highest BCUT2D eigenvalue weighted by Gasteiger charge is 2.10. The van der Waals surface area contributed by atoms with Gasteiger partial charge in [-0.25, -0.2) is 4.39 Å². The molecule has 0 bridgehead atoms. The zero-order valence-corrected chi connectivity index (χ0v) is 11.6. The van der Waals surface area contributed by atoms with Crippen molar-refractivity contribution >= 4 is 11.6 Å². The van der Waals surface area contributed by atoms with Crippen LogP contribution in [-0.2, 0) is 4.74 Å². The van der Waals surface area contributed by atoms with E-state index in [1.807, 2.05) is 0 Å². The van der Waals surface area contributed by atoms with E-state index in [1.165, 1.54) is 18.2 Å². The van der Waals surface area contributed by atoms with Crippen molar-refractivity contribution in [2.75, 3.05) is 25.6 Å². The third-order valence-electron chi connectivity index (χ3n) is 2.79. The molecule has 2 rings (SSSR count). The molecule has 4 nitrogen and oxygen atoms in total. The fourth-order valence-electron chi connectivity index (χ4n) is 1.72. The van der Waals surface area contributed by atoms with Gasteiger partial charge in [0, 0.05) is 12.8 Å². The van der Waals surface area contributed by atoms with Gasteiger partial charge in [0.25, 0.3) is 5.91 Å². The maximum atomic E-state index is 13.5. The van der Waals surface area contributed by atoms with Crippen LogP contribution in [0.2, 0.25) is 0 Å². The number of nitrogens with one attached hydrogen (secondary N) is 1. The molecule has 110 valence electrons. The van der Waals surface area contributed by atoms with Crippen molar-refractivity contribution in [3.8, 4) is 5.75 Å². The Balaban J connectivity index is 1.97. The van der Waals surface area contributed by atoms with E-state index >= 15 is 0 Å². The molecule has 0 fully saturated rings. The Morgan fingerprint density at radius 2 is 1.81 bits per heavy atom. The number of benzene rings is 2. The number of methoxy groups -OCH3 is 1. The monoisotopic (exact) mass is 289 g/mol. The van der Waals surface area contributed by atoms with E-state index in [1.54, 1.807) is 37.4 Å². The van der Waals surface area contributed by atoms with Gasteiger partial charge in [0.2, 0.25) is 0 Å². The highest BCUT2D eigenvalue weighted by molar-refractivity contribution is 6.04. The summed E-state index contributed by atoms with van der Waals surface area (Å²) in [7, 11) is 1.60. The van der Waals surface area contributed by atoms with E-state index in [0.717, 1.165) is 0 Å². The van der Waals surface area contributed by atoms with Gasteiger partial charge < -0.3 is 14.8 Å². The SMILES string of the molecule is COCCOc1ccc(NC(=O)c2ccccc2F)cc1. The van der Waals surface area contributed by atoms with Crippen LogP contribution in [0.15, 0.2) is 48.5 Å². The Morgan fingerprint density at radius 1 is 1.10 bits per heavy atom. The van der Waals surface area contributed by atoms with Gasteiger partial charge in [-0.15, -0.1) is 0 Å². The number of rotatable bonds is 6. The summed E-state index contributed by atoms with van der Waals surface area (Å²) in [5.74, 6) is -0.355. The first-order valence-electron chi connectivity index (χ1n) is 6.48. The predicted molar refractivity (Wildman–Crippen MR) is 78.2 cm³/mol. The Hall–Kier alpha value is -2.40. The fourth-order valence-corrected chi connectivity index (χ4v) is 1.72. The molecule has 2 aromatic carbocycles. The molecular formula is C16H16FNO3. The molecule has 0 aliphatic heterocycles. The van der Waals surface area contributed by atoms with Crippen LogP contribution in [0.1, 0.15) is 10.4 Å². The van der Waals surface area contributed by atoms with Crippen LogP contribution in [0.5, 0.6) is 5.75 Å². The number of anilines is 1. The van der Waals surface area contributed by atoms with Crippen LogP contribution < -0.4 is 10.1 Å². The van der Waals surface area contributed by atoms with Crippen molar-refractivity contribution in [1.82, 2.24) is 0 Å². The van der Waals surface area contributed by atoms with Crippen LogP contribution in [0.25, 0.3) is 0 Å². The number of hydrogen-bond donors (Lipinski definition) is 1. The highest BCUT2D eigenvalue weighted by Crippen LogP contribution is 2.17. The average Bonchev–Trinajstić information content (AvgIpc) is 2.49. The van der Waals surface area contributed by atoms with Gasteiger partial charge in [0.15, 0.2) is 0 Å². The van der Waals surface area contributed by atoms with Crippen molar-refractivity contribution in [3.63, 3.8) is 0 Å². The quantitative estimate of drug-likeness (QED) is 0.831. The van der Waals surface area contributed by atoms with Gasteiger partial charge in [-0.05, 0) is 36.4 Å². The second-order valence-corrected chi connectivity index (χ2v) is 4.30. The lowest BCUT2D eigenvalue weighted by molar-refractivity contribution is 0.102. The summed E-state index contributed by atoms with van der Waals surface area (Å²) in [6.45, 7) is 0.962. The van der Waals surface area contributed by atoms with Gasteiger partial charge in [0.05, 0.1) is 12.2 Å². The topological polar surface area (TPSA) is 47.6 Å². The number of hydrogen-bond acceptors (Lipinski definition) is 3. The molecule has 0 aliphatic carbocycles.